The average molecular weight is 628 g/mol. The summed E-state index contributed by atoms with van der Waals surface area (Å²) in [5.74, 6) is 0.313. The van der Waals surface area contributed by atoms with Gasteiger partial charge in [-0.15, -0.1) is 0 Å². The third kappa shape index (κ3) is 5.74. The predicted molar refractivity (Wildman–Crippen MR) is 176 cm³/mol. The standard InChI is InChI=1S/C37H42ClN3O4/c1-23-7-3-4-8-29(23)30-10-12-32(35(42)40-37(36(43)44)27-18-24-17-25(20-27)21-28(37)19-24)39-34(30)26-9-11-31(38)33(22-26)45-16-15-41-13-5-2-6-14-41/h3-4,7-12,22,24-25,27-28H,2,5-6,13-21H2,1H3,(H,40,42)(H,43,44). The molecule has 5 fully saturated rings. The number of halogens is 1. The van der Waals surface area contributed by atoms with Gasteiger partial charge in [-0.05, 0) is 124 Å². The summed E-state index contributed by atoms with van der Waals surface area (Å²) in [5, 5.41) is 14.2. The van der Waals surface area contributed by atoms with E-state index in [9.17, 15) is 14.7 Å². The number of carbonyl (C=O) groups is 2. The number of pyridine rings is 1. The minimum absolute atomic E-state index is 0.0400. The molecule has 45 heavy (non-hydrogen) atoms. The van der Waals surface area contributed by atoms with E-state index in [1.54, 1.807) is 6.07 Å². The van der Waals surface area contributed by atoms with Crippen LogP contribution in [0.25, 0.3) is 22.4 Å². The van der Waals surface area contributed by atoms with Crippen LogP contribution < -0.4 is 10.1 Å². The number of hydrogen-bond acceptors (Lipinski definition) is 5. The fourth-order valence-electron chi connectivity index (χ4n) is 8.91. The van der Waals surface area contributed by atoms with Gasteiger partial charge < -0.3 is 15.2 Å². The summed E-state index contributed by atoms with van der Waals surface area (Å²) in [4.78, 5) is 34.3. The Hall–Kier alpha value is -3.42. The number of carboxylic acid groups (broad SMARTS) is 1. The minimum atomic E-state index is -1.24. The molecule has 1 amide bonds. The van der Waals surface area contributed by atoms with Crippen LogP contribution >= 0.6 is 11.6 Å². The highest BCUT2D eigenvalue weighted by Gasteiger charge is 2.62. The second-order valence-electron chi connectivity index (χ2n) is 13.7. The first kappa shape index (κ1) is 30.2. The van der Waals surface area contributed by atoms with E-state index in [1.807, 2.05) is 36.4 Å². The lowest BCUT2D eigenvalue weighted by molar-refractivity contribution is -0.163. The number of benzene rings is 2. The fourth-order valence-corrected chi connectivity index (χ4v) is 9.09. The van der Waals surface area contributed by atoms with E-state index in [2.05, 4.69) is 29.3 Å². The van der Waals surface area contributed by atoms with E-state index in [0.29, 0.717) is 34.9 Å². The molecule has 8 heteroatoms. The molecule has 1 aromatic heterocycles. The number of rotatable bonds is 9. The molecule has 0 unspecified atom stereocenters. The molecular formula is C37H42ClN3O4. The molecular weight excluding hydrogens is 586 g/mol. The van der Waals surface area contributed by atoms with Crippen molar-refractivity contribution in [2.24, 2.45) is 23.7 Å². The van der Waals surface area contributed by atoms with Crippen LogP contribution in [0.5, 0.6) is 5.75 Å². The largest absolute Gasteiger partial charge is 0.491 e. The van der Waals surface area contributed by atoms with Crippen molar-refractivity contribution in [1.29, 1.82) is 0 Å². The van der Waals surface area contributed by atoms with Gasteiger partial charge in [0.1, 0.15) is 23.6 Å². The van der Waals surface area contributed by atoms with E-state index in [4.69, 9.17) is 21.3 Å². The molecule has 236 valence electrons. The molecule has 8 rings (SSSR count). The fraction of sp³-hybridized carbons (Fsp3) is 0.486. The maximum atomic E-state index is 14.0. The van der Waals surface area contributed by atoms with E-state index >= 15 is 0 Å². The molecule has 1 aliphatic heterocycles. The Morgan fingerprint density at radius 2 is 1.67 bits per heavy atom. The molecule has 2 heterocycles. The number of nitrogens with one attached hydrogen (secondary N) is 1. The summed E-state index contributed by atoms with van der Waals surface area (Å²) in [6, 6.07) is 17.4. The second kappa shape index (κ2) is 12.4. The zero-order valence-electron chi connectivity index (χ0n) is 25.9. The van der Waals surface area contributed by atoms with E-state index in [0.717, 1.165) is 67.6 Å². The van der Waals surface area contributed by atoms with Gasteiger partial charge in [-0.1, -0.05) is 48.4 Å². The lowest BCUT2D eigenvalue weighted by Gasteiger charge is -2.59. The van der Waals surface area contributed by atoms with Crippen molar-refractivity contribution >= 4 is 23.5 Å². The molecule has 0 spiro atoms. The van der Waals surface area contributed by atoms with Crippen molar-refractivity contribution in [3.63, 3.8) is 0 Å². The van der Waals surface area contributed by atoms with Crippen LogP contribution in [0.1, 0.15) is 67.4 Å². The summed E-state index contributed by atoms with van der Waals surface area (Å²) in [7, 11) is 0. The maximum absolute atomic E-state index is 14.0. The van der Waals surface area contributed by atoms with Crippen molar-refractivity contribution in [2.45, 2.75) is 63.8 Å². The molecule has 2 N–H and O–H groups in total. The highest BCUT2D eigenvalue weighted by molar-refractivity contribution is 6.32. The summed E-state index contributed by atoms with van der Waals surface area (Å²) in [5.41, 5.74) is 3.36. The number of nitrogens with zero attached hydrogens (tertiary/aromatic N) is 2. The normalized spacial score (nSPS) is 27.3. The van der Waals surface area contributed by atoms with Crippen molar-refractivity contribution in [3.8, 4) is 28.1 Å². The van der Waals surface area contributed by atoms with Gasteiger partial charge in [0.25, 0.3) is 5.91 Å². The van der Waals surface area contributed by atoms with Crippen LogP contribution in [0, 0.1) is 30.6 Å². The molecule has 1 saturated heterocycles. The Morgan fingerprint density at radius 3 is 2.36 bits per heavy atom. The van der Waals surface area contributed by atoms with Gasteiger partial charge in [0.2, 0.25) is 0 Å². The van der Waals surface area contributed by atoms with Gasteiger partial charge in [0, 0.05) is 17.7 Å². The lowest BCUT2D eigenvalue weighted by Crippen LogP contribution is -2.70. The monoisotopic (exact) mass is 627 g/mol. The van der Waals surface area contributed by atoms with E-state index in [-0.39, 0.29) is 17.5 Å². The van der Waals surface area contributed by atoms with Crippen molar-refractivity contribution in [3.05, 3.63) is 70.9 Å². The molecule has 3 aromatic rings. The molecule has 0 radical (unpaired) electrons. The van der Waals surface area contributed by atoms with Gasteiger partial charge in [-0.25, -0.2) is 9.78 Å². The SMILES string of the molecule is Cc1ccccc1-c1ccc(C(=O)NC2(C(=O)O)C3CC4CC(C3)CC2C4)nc1-c1ccc(Cl)c(OCCN2CCCCC2)c1. The van der Waals surface area contributed by atoms with Gasteiger partial charge in [-0.3, -0.25) is 9.69 Å². The molecule has 4 saturated carbocycles. The zero-order valence-corrected chi connectivity index (χ0v) is 26.7. The number of amides is 1. The molecule has 7 nitrogen and oxygen atoms in total. The number of aliphatic carboxylic acids is 1. The summed E-state index contributed by atoms with van der Waals surface area (Å²) in [6.45, 7) is 5.63. The summed E-state index contributed by atoms with van der Waals surface area (Å²) >= 11 is 6.60. The minimum Gasteiger partial charge on any atom is -0.491 e. The summed E-state index contributed by atoms with van der Waals surface area (Å²) < 4.78 is 6.20. The van der Waals surface area contributed by atoms with Crippen LogP contribution in [0.2, 0.25) is 5.02 Å². The number of carboxylic acids is 1. The molecule has 5 aliphatic rings. The number of likely N-dealkylation sites (tertiary alicyclic amines) is 1. The van der Waals surface area contributed by atoms with Crippen LogP contribution in [0.3, 0.4) is 0 Å². The number of piperidine rings is 1. The Kier molecular flexibility index (Phi) is 8.34. The number of carbonyl (C=O) groups excluding carboxylic acids is 1. The Morgan fingerprint density at radius 1 is 0.956 bits per heavy atom. The van der Waals surface area contributed by atoms with E-state index < -0.39 is 17.4 Å². The van der Waals surface area contributed by atoms with Crippen LogP contribution in [-0.4, -0.2) is 58.6 Å². The number of hydrogen-bond donors (Lipinski definition) is 2. The van der Waals surface area contributed by atoms with Crippen LogP contribution in [0.15, 0.2) is 54.6 Å². The first-order valence-corrected chi connectivity index (χ1v) is 17.0. The first-order valence-electron chi connectivity index (χ1n) is 16.6. The number of aromatic nitrogens is 1. The van der Waals surface area contributed by atoms with Crippen molar-refractivity contribution < 1.29 is 19.4 Å². The van der Waals surface area contributed by atoms with Crippen molar-refractivity contribution in [1.82, 2.24) is 15.2 Å². The Balaban J connectivity index is 1.21. The zero-order chi connectivity index (χ0) is 31.1. The number of aryl methyl sites for hydroxylation is 1. The predicted octanol–water partition coefficient (Wildman–Crippen LogP) is 7.25. The second-order valence-corrected chi connectivity index (χ2v) is 14.1. The highest BCUT2D eigenvalue weighted by atomic mass is 35.5. The summed E-state index contributed by atoms with van der Waals surface area (Å²) in [6.07, 6.45) is 8.43. The van der Waals surface area contributed by atoms with Crippen LogP contribution in [0.4, 0.5) is 0 Å². The average Bonchev–Trinajstić information content (AvgIpc) is 3.04. The van der Waals surface area contributed by atoms with Gasteiger partial charge in [0.05, 0.1) is 10.7 Å². The molecule has 0 atom stereocenters. The molecule has 4 bridgehead atoms. The van der Waals surface area contributed by atoms with Gasteiger partial charge in [0.15, 0.2) is 0 Å². The van der Waals surface area contributed by atoms with Crippen LogP contribution in [-0.2, 0) is 4.79 Å². The quantitative estimate of drug-likeness (QED) is 0.260. The highest BCUT2D eigenvalue weighted by Crippen LogP contribution is 2.58. The third-order valence-electron chi connectivity index (χ3n) is 11.0. The smallest absolute Gasteiger partial charge is 0.330 e. The first-order chi connectivity index (χ1) is 21.8. The van der Waals surface area contributed by atoms with Crippen molar-refractivity contribution in [2.75, 3.05) is 26.2 Å². The lowest BCUT2D eigenvalue weighted by atomic mass is 9.48. The number of ether oxygens (including phenoxy) is 1. The topological polar surface area (TPSA) is 91.8 Å². The maximum Gasteiger partial charge on any atom is 0.330 e. The Labute approximate surface area is 270 Å². The molecule has 2 aromatic carbocycles. The van der Waals surface area contributed by atoms with Gasteiger partial charge >= 0.3 is 5.97 Å². The van der Waals surface area contributed by atoms with Gasteiger partial charge in [-0.2, -0.15) is 0 Å². The van der Waals surface area contributed by atoms with E-state index in [1.165, 1.54) is 25.7 Å². The molecule has 4 aliphatic carbocycles. The third-order valence-corrected chi connectivity index (χ3v) is 11.3. The Bertz CT molecular complexity index is 1570.